The smallest absolute Gasteiger partial charge is 0.259 e. The average Bonchev–Trinajstić information content (AvgIpc) is 2.37. The number of hydrogen-bond acceptors (Lipinski definition) is 4. The number of aromatic nitrogens is 3. The zero-order chi connectivity index (χ0) is 14.0. The van der Waals surface area contributed by atoms with Gasteiger partial charge in [0.05, 0.1) is 11.3 Å². The van der Waals surface area contributed by atoms with Crippen LogP contribution in [0.5, 0.6) is 0 Å². The first kappa shape index (κ1) is 14.0. The third-order valence-corrected chi connectivity index (χ3v) is 3.07. The van der Waals surface area contributed by atoms with Crippen molar-refractivity contribution in [3.8, 4) is 0 Å². The van der Waals surface area contributed by atoms with Crippen molar-refractivity contribution in [1.82, 2.24) is 15.2 Å². The molecule has 0 aromatic carbocycles. The quantitative estimate of drug-likeness (QED) is 0.862. The predicted octanol–water partition coefficient (Wildman–Crippen LogP) is 3.39. The first-order chi connectivity index (χ1) is 8.99. The van der Waals surface area contributed by atoms with Gasteiger partial charge in [-0.1, -0.05) is 34.8 Å². The molecule has 5 nitrogen and oxygen atoms in total. The van der Waals surface area contributed by atoms with E-state index in [2.05, 4.69) is 20.5 Å². The van der Waals surface area contributed by atoms with Crippen LogP contribution in [0.2, 0.25) is 15.5 Å². The summed E-state index contributed by atoms with van der Waals surface area (Å²) in [7, 11) is 0. The van der Waals surface area contributed by atoms with Gasteiger partial charge in [0.15, 0.2) is 15.5 Å². The number of carbonyl (C=O) groups excluding carboxylic acids is 1. The van der Waals surface area contributed by atoms with Crippen LogP contribution >= 0.6 is 34.8 Å². The Kier molecular flexibility index (Phi) is 4.19. The molecule has 98 valence electrons. The molecule has 2 rings (SSSR count). The number of anilines is 1. The largest absolute Gasteiger partial charge is 0.319 e. The van der Waals surface area contributed by atoms with Crippen molar-refractivity contribution in [2.75, 3.05) is 5.32 Å². The molecular formula is C11H7Cl3N4O. The van der Waals surface area contributed by atoms with Gasteiger partial charge in [-0.05, 0) is 24.6 Å². The predicted molar refractivity (Wildman–Crippen MR) is 74.0 cm³/mol. The number of hydrogen-bond donors (Lipinski definition) is 1. The van der Waals surface area contributed by atoms with Crippen LogP contribution < -0.4 is 5.32 Å². The Balaban J connectivity index is 2.34. The molecule has 0 radical (unpaired) electrons. The normalized spacial score (nSPS) is 10.3. The summed E-state index contributed by atoms with van der Waals surface area (Å²) in [5, 5.41) is 9.93. The Morgan fingerprint density at radius 1 is 1.21 bits per heavy atom. The van der Waals surface area contributed by atoms with E-state index in [1.165, 1.54) is 6.07 Å². The van der Waals surface area contributed by atoms with Crippen LogP contribution in [0.4, 0.5) is 5.69 Å². The highest BCUT2D eigenvalue weighted by atomic mass is 35.5. The van der Waals surface area contributed by atoms with E-state index in [-0.39, 0.29) is 21.0 Å². The SMILES string of the molecule is Cc1ccnc(Cl)c1NC(=O)c1cc(Cl)nnc1Cl. The van der Waals surface area contributed by atoms with E-state index >= 15 is 0 Å². The maximum absolute atomic E-state index is 12.1. The van der Waals surface area contributed by atoms with E-state index in [9.17, 15) is 4.79 Å². The number of nitrogens with one attached hydrogen (secondary N) is 1. The fraction of sp³-hybridized carbons (Fsp3) is 0.0909. The molecule has 19 heavy (non-hydrogen) atoms. The number of amides is 1. The molecule has 8 heteroatoms. The standard InChI is InChI=1S/C11H7Cl3N4O/c1-5-2-3-15-10(14)8(5)16-11(19)6-4-7(12)17-18-9(6)13/h2-4H,1H3,(H,16,19). The van der Waals surface area contributed by atoms with Gasteiger partial charge in [-0.15, -0.1) is 10.2 Å². The second kappa shape index (κ2) is 5.69. The van der Waals surface area contributed by atoms with Crippen LogP contribution in [-0.2, 0) is 0 Å². The van der Waals surface area contributed by atoms with E-state index < -0.39 is 5.91 Å². The zero-order valence-corrected chi connectivity index (χ0v) is 11.9. The number of pyridine rings is 1. The van der Waals surface area contributed by atoms with Crippen molar-refractivity contribution in [1.29, 1.82) is 0 Å². The molecule has 2 heterocycles. The van der Waals surface area contributed by atoms with Crippen molar-refractivity contribution < 1.29 is 4.79 Å². The number of aryl methyl sites for hydroxylation is 1. The highest BCUT2D eigenvalue weighted by Gasteiger charge is 2.16. The highest BCUT2D eigenvalue weighted by Crippen LogP contribution is 2.24. The number of halogens is 3. The summed E-state index contributed by atoms with van der Waals surface area (Å²) in [6.45, 7) is 1.79. The second-order valence-corrected chi connectivity index (χ2v) is 4.72. The van der Waals surface area contributed by atoms with Gasteiger partial charge in [-0.2, -0.15) is 0 Å². The molecule has 0 atom stereocenters. The first-order valence-electron chi connectivity index (χ1n) is 5.10. The third-order valence-electron chi connectivity index (χ3n) is 2.32. The minimum Gasteiger partial charge on any atom is -0.319 e. The van der Waals surface area contributed by atoms with Gasteiger partial charge in [0.25, 0.3) is 5.91 Å². The Hall–Kier alpha value is -1.43. The van der Waals surface area contributed by atoms with Gasteiger partial charge in [-0.3, -0.25) is 4.79 Å². The summed E-state index contributed by atoms with van der Waals surface area (Å²) < 4.78 is 0. The Morgan fingerprint density at radius 2 is 1.95 bits per heavy atom. The molecule has 1 N–H and O–H groups in total. The van der Waals surface area contributed by atoms with Crippen LogP contribution in [0.15, 0.2) is 18.3 Å². The summed E-state index contributed by atoms with van der Waals surface area (Å²) in [5.74, 6) is -0.486. The summed E-state index contributed by atoms with van der Waals surface area (Å²) in [6, 6.07) is 3.05. The van der Waals surface area contributed by atoms with Crippen molar-refractivity contribution in [3.05, 3.63) is 44.9 Å². The monoisotopic (exact) mass is 316 g/mol. The number of nitrogens with zero attached hydrogens (tertiary/aromatic N) is 3. The summed E-state index contributed by atoms with van der Waals surface area (Å²) >= 11 is 17.4. The van der Waals surface area contributed by atoms with Gasteiger partial charge in [0.2, 0.25) is 0 Å². The molecule has 1 amide bonds. The lowest BCUT2D eigenvalue weighted by atomic mass is 10.2. The summed E-state index contributed by atoms with van der Waals surface area (Å²) in [4.78, 5) is 16.0. The summed E-state index contributed by atoms with van der Waals surface area (Å²) in [5.41, 5.74) is 1.30. The van der Waals surface area contributed by atoms with Crippen LogP contribution in [-0.4, -0.2) is 21.1 Å². The highest BCUT2D eigenvalue weighted by molar-refractivity contribution is 6.35. The average molecular weight is 318 g/mol. The lowest BCUT2D eigenvalue weighted by molar-refractivity contribution is 0.102. The molecule has 0 aliphatic rings. The second-order valence-electron chi connectivity index (χ2n) is 3.62. The molecule has 0 saturated carbocycles. The van der Waals surface area contributed by atoms with E-state index in [0.717, 1.165) is 5.56 Å². The van der Waals surface area contributed by atoms with E-state index in [1.807, 2.05) is 0 Å². The van der Waals surface area contributed by atoms with Crippen molar-refractivity contribution in [2.24, 2.45) is 0 Å². The first-order valence-corrected chi connectivity index (χ1v) is 6.23. The van der Waals surface area contributed by atoms with Gasteiger partial charge in [-0.25, -0.2) is 4.98 Å². The van der Waals surface area contributed by atoms with Crippen molar-refractivity contribution in [3.63, 3.8) is 0 Å². The Morgan fingerprint density at radius 3 is 2.63 bits per heavy atom. The molecule has 0 fully saturated rings. The molecule has 0 unspecified atom stereocenters. The molecule has 0 aliphatic carbocycles. The molecule has 2 aromatic rings. The fourth-order valence-corrected chi connectivity index (χ4v) is 1.95. The third kappa shape index (κ3) is 3.12. The van der Waals surface area contributed by atoms with Gasteiger partial charge < -0.3 is 5.32 Å². The topological polar surface area (TPSA) is 67.8 Å². The number of carbonyl (C=O) groups is 1. The molecule has 2 aromatic heterocycles. The molecule has 0 saturated heterocycles. The van der Waals surface area contributed by atoms with E-state index in [4.69, 9.17) is 34.8 Å². The lowest BCUT2D eigenvalue weighted by Crippen LogP contribution is -2.15. The Labute approximate surface area is 123 Å². The molecule has 0 spiro atoms. The molecule has 0 bridgehead atoms. The molecule has 0 aliphatic heterocycles. The van der Waals surface area contributed by atoms with Crippen LogP contribution in [0.25, 0.3) is 0 Å². The lowest BCUT2D eigenvalue weighted by Gasteiger charge is -2.09. The minimum atomic E-state index is -0.486. The maximum atomic E-state index is 12.1. The molecular weight excluding hydrogens is 311 g/mol. The minimum absolute atomic E-state index is 0.0421. The van der Waals surface area contributed by atoms with E-state index in [1.54, 1.807) is 19.2 Å². The van der Waals surface area contributed by atoms with Crippen LogP contribution in [0, 0.1) is 6.92 Å². The van der Waals surface area contributed by atoms with Gasteiger partial charge >= 0.3 is 0 Å². The van der Waals surface area contributed by atoms with Crippen molar-refractivity contribution in [2.45, 2.75) is 6.92 Å². The van der Waals surface area contributed by atoms with Gasteiger partial charge in [0.1, 0.15) is 0 Å². The van der Waals surface area contributed by atoms with Crippen LogP contribution in [0.1, 0.15) is 15.9 Å². The van der Waals surface area contributed by atoms with Gasteiger partial charge in [0, 0.05) is 6.20 Å². The van der Waals surface area contributed by atoms with Crippen molar-refractivity contribution >= 4 is 46.4 Å². The fourth-order valence-electron chi connectivity index (χ4n) is 1.37. The van der Waals surface area contributed by atoms with E-state index in [0.29, 0.717) is 5.69 Å². The number of rotatable bonds is 2. The van der Waals surface area contributed by atoms with Crippen LogP contribution in [0.3, 0.4) is 0 Å². The Bertz CT molecular complexity index is 628. The zero-order valence-electron chi connectivity index (χ0n) is 9.62. The maximum Gasteiger partial charge on any atom is 0.259 e. The summed E-state index contributed by atoms with van der Waals surface area (Å²) in [6.07, 6.45) is 1.55.